The zero-order chi connectivity index (χ0) is 15.6. The van der Waals surface area contributed by atoms with E-state index in [-0.39, 0.29) is 5.91 Å². The lowest BCUT2D eigenvalue weighted by atomic mass is 10.00. The third-order valence-corrected chi connectivity index (χ3v) is 4.85. The lowest BCUT2D eigenvalue weighted by Crippen LogP contribution is -2.36. The molecule has 1 aromatic heterocycles. The van der Waals surface area contributed by atoms with Gasteiger partial charge in [0.05, 0.1) is 0 Å². The number of pyridine rings is 1. The third kappa shape index (κ3) is 2.81. The van der Waals surface area contributed by atoms with Gasteiger partial charge in [0.2, 0.25) is 0 Å². The first-order chi connectivity index (χ1) is 11.3. The van der Waals surface area contributed by atoms with Gasteiger partial charge in [0.1, 0.15) is 5.69 Å². The molecule has 1 amide bonds. The van der Waals surface area contributed by atoms with E-state index in [1.807, 2.05) is 23.1 Å². The monoisotopic (exact) mass is 307 g/mol. The molecule has 2 aliphatic rings. The Morgan fingerprint density at radius 2 is 1.78 bits per heavy atom. The Bertz CT molecular complexity index is 722. The van der Waals surface area contributed by atoms with Crippen molar-refractivity contribution >= 4 is 11.6 Å². The van der Waals surface area contributed by atoms with Crippen LogP contribution in [0.15, 0.2) is 42.6 Å². The molecule has 0 saturated carbocycles. The van der Waals surface area contributed by atoms with Crippen LogP contribution in [0.4, 0.5) is 5.69 Å². The summed E-state index contributed by atoms with van der Waals surface area (Å²) in [4.78, 5) is 21.4. The highest BCUT2D eigenvalue weighted by Crippen LogP contribution is 2.23. The molecule has 0 bridgehead atoms. The number of benzene rings is 1. The third-order valence-electron chi connectivity index (χ3n) is 4.85. The molecule has 1 saturated heterocycles. The molecule has 0 aliphatic carbocycles. The molecule has 4 nitrogen and oxygen atoms in total. The van der Waals surface area contributed by atoms with E-state index in [4.69, 9.17) is 0 Å². The largest absolute Gasteiger partial charge is 0.371 e. The summed E-state index contributed by atoms with van der Waals surface area (Å²) in [5.74, 6) is 0.0422. The van der Waals surface area contributed by atoms with Gasteiger partial charge in [0, 0.05) is 38.1 Å². The number of aromatic nitrogens is 1. The number of hydrogen-bond acceptors (Lipinski definition) is 3. The van der Waals surface area contributed by atoms with E-state index >= 15 is 0 Å². The number of carbonyl (C=O) groups excluding carboxylic acids is 1. The normalized spacial score (nSPS) is 17.2. The average Bonchev–Trinajstić information content (AvgIpc) is 3.15. The zero-order valence-corrected chi connectivity index (χ0v) is 13.2. The SMILES string of the molecule is O=C(c1cc(N2CCCC2)ccn1)N1CCc2ccccc2C1. The van der Waals surface area contributed by atoms with E-state index in [2.05, 4.69) is 28.1 Å². The van der Waals surface area contributed by atoms with Gasteiger partial charge in [-0.15, -0.1) is 0 Å². The van der Waals surface area contributed by atoms with E-state index in [9.17, 15) is 4.79 Å². The predicted octanol–water partition coefficient (Wildman–Crippen LogP) is 2.88. The van der Waals surface area contributed by atoms with Crippen LogP contribution in [-0.4, -0.2) is 35.4 Å². The Balaban J connectivity index is 1.54. The number of hydrogen-bond donors (Lipinski definition) is 0. The van der Waals surface area contributed by atoms with Crippen LogP contribution in [0.25, 0.3) is 0 Å². The van der Waals surface area contributed by atoms with Gasteiger partial charge in [-0.2, -0.15) is 0 Å². The number of carbonyl (C=O) groups is 1. The summed E-state index contributed by atoms with van der Waals surface area (Å²) in [6.45, 7) is 3.61. The quantitative estimate of drug-likeness (QED) is 0.856. The summed E-state index contributed by atoms with van der Waals surface area (Å²) < 4.78 is 0. The van der Waals surface area contributed by atoms with E-state index in [1.54, 1.807) is 6.20 Å². The summed E-state index contributed by atoms with van der Waals surface area (Å²) in [5.41, 5.74) is 4.30. The topological polar surface area (TPSA) is 36.4 Å². The minimum atomic E-state index is 0.0422. The molecule has 1 aromatic carbocycles. The van der Waals surface area contributed by atoms with Gasteiger partial charge in [-0.05, 0) is 42.5 Å². The molecule has 2 aromatic rings. The second kappa shape index (κ2) is 6.03. The zero-order valence-electron chi connectivity index (χ0n) is 13.2. The molecular weight excluding hydrogens is 286 g/mol. The number of nitrogens with zero attached hydrogens (tertiary/aromatic N) is 3. The number of anilines is 1. The molecule has 0 atom stereocenters. The van der Waals surface area contributed by atoms with Gasteiger partial charge in [-0.3, -0.25) is 9.78 Å². The van der Waals surface area contributed by atoms with Crippen molar-refractivity contribution in [2.45, 2.75) is 25.8 Å². The van der Waals surface area contributed by atoms with Crippen molar-refractivity contribution in [1.82, 2.24) is 9.88 Å². The summed E-state index contributed by atoms with van der Waals surface area (Å²) in [7, 11) is 0. The lowest BCUT2D eigenvalue weighted by molar-refractivity contribution is 0.0729. The Morgan fingerprint density at radius 3 is 2.61 bits per heavy atom. The van der Waals surface area contributed by atoms with Crippen molar-refractivity contribution in [1.29, 1.82) is 0 Å². The van der Waals surface area contributed by atoms with Crippen LogP contribution in [0.1, 0.15) is 34.5 Å². The van der Waals surface area contributed by atoms with Gasteiger partial charge in [0.25, 0.3) is 5.91 Å². The fraction of sp³-hybridized carbons (Fsp3) is 0.368. The van der Waals surface area contributed by atoms with E-state index in [0.717, 1.165) is 31.7 Å². The van der Waals surface area contributed by atoms with Gasteiger partial charge in [-0.1, -0.05) is 24.3 Å². The van der Waals surface area contributed by atoms with Gasteiger partial charge in [-0.25, -0.2) is 0 Å². The minimum absolute atomic E-state index is 0.0422. The first-order valence-corrected chi connectivity index (χ1v) is 8.38. The van der Waals surface area contributed by atoms with Crippen LogP contribution in [0.2, 0.25) is 0 Å². The molecule has 3 heterocycles. The van der Waals surface area contributed by atoms with Gasteiger partial charge >= 0.3 is 0 Å². The van der Waals surface area contributed by atoms with E-state index < -0.39 is 0 Å². The first-order valence-electron chi connectivity index (χ1n) is 8.38. The molecule has 4 rings (SSSR count). The maximum atomic E-state index is 12.8. The summed E-state index contributed by atoms with van der Waals surface area (Å²) in [6, 6.07) is 12.3. The first kappa shape index (κ1) is 14.2. The van der Waals surface area contributed by atoms with E-state index in [0.29, 0.717) is 12.2 Å². The number of rotatable bonds is 2. The maximum Gasteiger partial charge on any atom is 0.272 e. The fourth-order valence-electron chi connectivity index (χ4n) is 3.54. The predicted molar refractivity (Wildman–Crippen MR) is 90.6 cm³/mol. The second-order valence-corrected chi connectivity index (χ2v) is 6.34. The lowest BCUT2D eigenvalue weighted by Gasteiger charge is -2.29. The summed E-state index contributed by atoms with van der Waals surface area (Å²) in [6.07, 6.45) is 5.15. The molecule has 1 fully saturated rings. The average molecular weight is 307 g/mol. The van der Waals surface area contributed by atoms with Crippen LogP contribution in [0, 0.1) is 0 Å². The summed E-state index contributed by atoms with van der Waals surface area (Å²) >= 11 is 0. The Kier molecular flexibility index (Phi) is 3.74. The van der Waals surface area contributed by atoms with Crippen molar-refractivity contribution in [2.75, 3.05) is 24.5 Å². The van der Waals surface area contributed by atoms with E-state index in [1.165, 1.54) is 24.0 Å². The molecule has 23 heavy (non-hydrogen) atoms. The van der Waals surface area contributed by atoms with Gasteiger partial charge < -0.3 is 9.80 Å². The fourth-order valence-corrected chi connectivity index (χ4v) is 3.54. The second-order valence-electron chi connectivity index (χ2n) is 6.34. The molecule has 2 aliphatic heterocycles. The van der Waals surface area contributed by atoms with Crippen LogP contribution in [0.3, 0.4) is 0 Å². The Hall–Kier alpha value is -2.36. The molecule has 0 spiro atoms. The highest BCUT2D eigenvalue weighted by molar-refractivity contribution is 5.93. The molecule has 118 valence electrons. The minimum Gasteiger partial charge on any atom is -0.371 e. The highest BCUT2D eigenvalue weighted by atomic mass is 16.2. The van der Waals surface area contributed by atoms with Crippen LogP contribution in [0.5, 0.6) is 0 Å². The number of amides is 1. The maximum absolute atomic E-state index is 12.8. The number of fused-ring (bicyclic) bond motifs is 1. The van der Waals surface area contributed by atoms with Crippen LogP contribution >= 0.6 is 0 Å². The molecule has 4 heteroatoms. The van der Waals surface area contributed by atoms with Gasteiger partial charge in [0.15, 0.2) is 0 Å². The smallest absolute Gasteiger partial charge is 0.272 e. The molecule has 0 unspecified atom stereocenters. The van der Waals surface area contributed by atoms with Crippen LogP contribution in [-0.2, 0) is 13.0 Å². The van der Waals surface area contributed by atoms with Crippen molar-refractivity contribution in [3.8, 4) is 0 Å². The molecule has 0 radical (unpaired) electrons. The molecule has 0 N–H and O–H groups in total. The molecular formula is C19H21N3O. The Morgan fingerprint density at radius 1 is 1.00 bits per heavy atom. The van der Waals surface area contributed by atoms with Crippen molar-refractivity contribution in [3.63, 3.8) is 0 Å². The summed E-state index contributed by atoms with van der Waals surface area (Å²) in [5, 5.41) is 0. The highest BCUT2D eigenvalue weighted by Gasteiger charge is 2.23. The standard InChI is InChI=1S/C19H21N3O/c23-19(22-12-8-15-5-1-2-6-16(15)14-22)18-13-17(7-9-20-18)21-10-3-4-11-21/h1-2,5-7,9,13H,3-4,8,10-12,14H2. The van der Waals surface area contributed by atoms with Crippen molar-refractivity contribution in [2.24, 2.45) is 0 Å². The van der Waals surface area contributed by atoms with Crippen LogP contribution < -0.4 is 4.90 Å². The van der Waals surface area contributed by atoms with Crippen molar-refractivity contribution < 1.29 is 4.79 Å². The van der Waals surface area contributed by atoms with Crippen molar-refractivity contribution in [3.05, 3.63) is 59.4 Å². The Labute approximate surface area is 136 Å².